The molecule has 2 aromatic heterocycles. The number of halogens is 1. The van der Waals surface area contributed by atoms with Crippen molar-refractivity contribution in [3.05, 3.63) is 91.6 Å². The fraction of sp³-hybridized carbons (Fsp3) is 0.143. The molecule has 152 valence electrons. The molecule has 9 heteroatoms. The summed E-state index contributed by atoms with van der Waals surface area (Å²) in [5, 5.41) is 4.89. The number of nitrogens with one attached hydrogen (secondary N) is 1. The van der Waals surface area contributed by atoms with Gasteiger partial charge in [0.15, 0.2) is 11.2 Å². The maximum Gasteiger partial charge on any atom is 0.332 e. The van der Waals surface area contributed by atoms with Crippen LogP contribution in [0.15, 0.2) is 69.3 Å². The van der Waals surface area contributed by atoms with Crippen LogP contribution in [0.3, 0.4) is 0 Å². The summed E-state index contributed by atoms with van der Waals surface area (Å²) >= 11 is 5.91. The van der Waals surface area contributed by atoms with Gasteiger partial charge in [-0.3, -0.25) is 18.5 Å². The average Bonchev–Trinajstić information content (AvgIpc) is 3.11. The highest BCUT2D eigenvalue weighted by Gasteiger charge is 2.19. The van der Waals surface area contributed by atoms with Crippen molar-refractivity contribution in [2.75, 3.05) is 5.43 Å². The van der Waals surface area contributed by atoms with Gasteiger partial charge in [0, 0.05) is 19.1 Å². The molecule has 4 rings (SSSR count). The van der Waals surface area contributed by atoms with Crippen LogP contribution in [0.5, 0.6) is 0 Å². The molecule has 2 aromatic carbocycles. The predicted molar refractivity (Wildman–Crippen MR) is 118 cm³/mol. The van der Waals surface area contributed by atoms with Crippen LogP contribution in [0.25, 0.3) is 11.2 Å². The van der Waals surface area contributed by atoms with Crippen molar-refractivity contribution in [1.29, 1.82) is 0 Å². The van der Waals surface area contributed by atoms with Crippen LogP contribution in [-0.2, 0) is 20.6 Å². The van der Waals surface area contributed by atoms with Crippen molar-refractivity contribution in [1.82, 2.24) is 18.7 Å². The van der Waals surface area contributed by atoms with E-state index < -0.39 is 11.2 Å². The molecule has 1 N–H and O–H groups in total. The van der Waals surface area contributed by atoms with Crippen LogP contribution < -0.4 is 16.7 Å². The molecule has 0 radical (unpaired) electrons. The number of imidazole rings is 1. The lowest BCUT2D eigenvalue weighted by molar-refractivity contribution is 0.702. The molecule has 0 saturated heterocycles. The standard InChI is InChI=1S/C21H19ClN6O2/c1-26-18-17(19(29)27(2)21(26)30)28(13-15-6-4-3-5-7-15)20(24-18)25-23-12-14-8-10-16(22)11-9-14/h3-12H,13H2,1-2H3,(H,24,25)/b23-12-. The first-order valence-corrected chi connectivity index (χ1v) is 9.58. The van der Waals surface area contributed by atoms with Crippen LogP contribution in [0.4, 0.5) is 5.95 Å². The zero-order valence-corrected chi connectivity index (χ0v) is 17.2. The van der Waals surface area contributed by atoms with Gasteiger partial charge in [-0.15, -0.1) is 0 Å². The molecule has 0 aliphatic heterocycles. The monoisotopic (exact) mass is 422 g/mol. The van der Waals surface area contributed by atoms with Crippen LogP contribution >= 0.6 is 11.6 Å². The van der Waals surface area contributed by atoms with Gasteiger partial charge in [-0.05, 0) is 23.3 Å². The van der Waals surface area contributed by atoms with E-state index in [9.17, 15) is 9.59 Å². The minimum atomic E-state index is -0.437. The van der Waals surface area contributed by atoms with Gasteiger partial charge in [0.25, 0.3) is 5.56 Å². The zero-order valence-electron chi connectivity index (χ0n) is 16.4. The van der Waals surface area contributed by atoms with Crippen molar-refractivity contribution in [2.45, 2.75) is 6.54 Å². The van der Waals surface area contributed by atoms with Gasteiger partial charge in [0.2, 0.25) is 5.95 Å². The molecule has 0 atom stereocenters. The maximum atomic E-state index is 12.9. The third-order valence-electron chi connectivity index (χ3n) is 4.78. The van der Waals surface area contributed by atoms with Crippen molar-refractivity contribution in [3.63, 3.8) is 0 Å². The number of benzene rings is 2. The van der Waals surface area contributed by atoms with Crippen LogP contribution in [0.1, 0.15) is 11.1 Å². The molecule has 4 aromatic rings. The van der Waals surface area contributed by atoms with Gasteiger partial charge in [-0.25, -0.2) is 10.2 Å². The number of anilines is 1. The highest BCUT2D eigenvalue weighted by atomic mass is 35.5. The SMILES string of the molecule is Cn1c(=O)c2c(nc(N/N=C\c3ccc(Cl)cc3)n2Cc2ccccc2)n(C)c1=O. The van der Waals surface area contributed by atoms with Crippen LogP contribution in [0, 0.1) is 0 Å². The lowest BCUT2D eigenvalue weighted by Gasteiger charge is -2.09. The molecule has 0 fully saturated rings. The zero-order chi connectivity index (χ0) is 21.3. The average molecular weight is 423 g/mol. The lowest BCUT2D eigenvalue weighted by Crippen LogP contribution is -2.37. The smallest absolute Gasteiger partial charge is 0.298 e. The Labute approximate surface area is 176 Å². The summed E-state index contributed by atoms with van der Waals surface area (Å²) in [6, 6.07) is 16.9. The molecule has 0 aliphatic rings. The van der Waals surface area contributed by atoms with E-state index >= 15 is 0 Å². The molecule has 8 nitrogen and oxygen atoms in total. The third-order valence-corrected chi connectivity index (χ3v) is 5.03. The number of aromatic nitrogens is 4. The minimum absolute atomic E-state index is 0.295. The van der Waals surface area contributed by atoms with Gasteiger partial charge in [0.05, 0.1) is 12.8 Å². The fourth-order valence-corrected chi connectivity index (χ4v) is 3.29. The quantitative estimate of drug-likeness (QED) is 0.395. The number of hydrogen-bond acceptors (Lipinski definition) is 5. The molecule has 0 amide bonds. The van der Waals surface area contributed by atoms with Gasteiger partial charge >= 0.3 is 5.69 Å². The van der Waals surface area contributed by atoms with E-state index in [2.05, 4.69) is 15.5 Å². The Balaban J connectivity index is 1.81. The van der Waals surface area contributed by atoms with Crippen molar-refractivity contribution >= 4 is 34.9 Å². The maximum absolute atomic E-state index is 12.9. The molecular weight excluding hydrogens is 404 g/mol. The summed E-state index contributed by atoms with van der Waals surface area (Å²) in [4.78, 5) is 29.7. The summed E-state index contributed by atoms with van der Waals surface area (Å²) in [6.45, 7) is 0.392. The number of aryl methyl sites for hydroxylation is 1. The second-order valence-corrected chi connectivity index (χ2v) is 7.24. The van der Waals surface area contributed by atoms with Crippen molar-refractivity contribution in [3.8, 4) is 0 Å². The van der Waals surface area contributed by atoms with E-state index in [-0.39, 0.29) is 0 Å². The molecule has 0 aliphatic carbocycles. The van der Waals surface area contributed by atoms with Crippen LogP contribution in [-0.4, -0.2) is 24.9 Å². The molecule has 0 bridgehead atoms. The van der Waals surface area contributed by atoms with E-state index in [1.807, 2.05) is 42.5 Å². The Morgan fingerprint density at radius 3 is 2.43 bits per heavy atom. The molecule has 0 saturated carbocycles. The molecule has 0 spiro atoms. The van der Waals surface area contributed by atoms with E-state index in [1.54, 1.807) is 30.0 Å². The highest BCUT2D eigenvalue weighted by molar-refractivity contribution is 6.30. The largest absolute Gasteiger partial charge is 0.332 e. The first-order valence-electron chi connectivity index (χ1n) is 9.20. The second-order valence-electron chi connectivity index (χ2n) is 6.81. The Morgan fingerprint density at radius 2 is 1.73 bits per heavy atom. The van der Waals surface area contributed by atoms with Gasteiger partial charge < -0.3 is 0 Å². The number of fused-ring (bicyclic) bond motifs is 1. The van der Waals surface area contributed by atoms with Gasteiger partial charge in [0.1, 0.15) is 0 Å². The third kappa shape index (κ3) is 3.65. The normalized spacial score (nSPS) is 11.4. The van der Waals surface area contributed by atoms with E-state index in [4.69, 9.17) is 11.6 Å². The molecular formula is C21H19ClN6O2. The van der Waals surface area contributed by atoms with Gasteiger partial charge in [-0.2, -0.15) is 10.1 Å². The number of nitrogens with zero attached hydrogens (tertiary/aromatic N) is 5. The Bertz CT molecular complexity index is 1350. The highest BCUT2D eigenvalue weighted by Crippen LogP contribution is 2.18. The lowest BCUT2D eigenvalue weighted by atomic mass is 10.2. The topological polar surface area (TPSA) is 86.2 Å². The summed E-state index contributed by atoms with van der Waals surface area (Å²) in [7, 11) is 3.04. The van der Waals surface area contributed by atoms with Crippen LogP contribution in [0.2, 0.25) is 5.02 Å². The van der Waals surface area contributed by atoms with Gasteiger partial charge in [-0.1, -0.05) is 54.1 Å². The summed E-state index contributed by atoms with van der Waals surface area (Å²) < 4.78 is 4.16. The number of rotatable bonds is 5. The summed E-state index contributed by atoms with van der Waals surface area (Å²) in [5.74, 6) is 0.359. The molecule has 30 heavy (non-hydrogen) atoms. The first kappa shape index (κ1) is 19.7. The first-order chi connectivity index (χ1) is 14.5. The summed E-state index contributed by atoms with van der Waals surface area (Å²) in [6.07, 6.45) is 1.62. The summed E-state index contributed by atoms with van der Waals surface area (Å²) in [5.41, 5.74) is 4.51. The van der Waals surface area contributed by atoms with Crippen molar-refractivity contribution in [2.24, 2.45) is 19.2 Å². The minimum Gasteiger partial charge on any atom is -0.298 e. The Kier molecular flexibility index (Phi) is 5.24. The molecule has 2 heterocycles. The second kappa shape index (κ2) is 8.00. The van der Waals surface area contributed by atoms with E-state index in [0.717, 1.165) is 15.7 Å². The predicted octanol–water partition coefficient (Wildman–Crippen LogP) is 2.58. The van der Waals surface area contributed by atoms with E-state index in [0.29, 0.717) is 28.7 Å². The molecule has 0 unspecified atom stereocenters. The number of hydrazone groups is 1. The fourth-order valence-electron chi connectivity index (χ4n) is 3.17. The van der Waals surface area contributed by atoms with E-state index in [1.165, 1.54) is 11.6 Å². The van der Waals surface area contributed by atoms with Crippen molar-refractivity contribution < 1.29 is 0 Å². The Hall–Kier alpha value is -3.65. The number of hydrogen-bond donors (Lipinski definition) is 1. The Morgan fingerprint density at radius 1 is 1.03 bits per heavy atom.